The van der Waals surface area contributed by atoms with Gasteiger partial charge in [0, 0.05) is 18.0 Å². The number of fused-ring (bicyclic) bond motifs is 1. The monoisotopic (exact) mass is 443 g/mol. The molecule has 4 aromatic rings. The Morgan fingerprint density at radius 3 is 2.48 bits per heavy atom. The van der Waals surface area contributed by atoms with E-state index >= 15 is 0 Å². The average Bonchev–Trinajstić information content (AvgIpc) is 2.82. The van der Waals surface area contributed by atoms with Crippen molar-refractivity contribution in [2.45, 2.75) is 13.5 Å². The fourth-order valence-electron chi connectivity index (χ4n) is 3.20. The first-order chi connectivity index (χ1) is 16.0. The van der Waals surface area contributed by atoms with E-state index in [2.05, 4.69) is 5.32 Å². The molecule has 33 heavy (non-hydrogen) atoms. The Kier molecular flexibility index (Phi) is 6.50. The van der Waals surface area contributed by atoms with Crippen molar-refractivity contribution in [2.24, 2.45) is 0 Å². The Bertz CT molecular complexity index is 1360. The molecule has 1 aromatic heterocycles. The zero-order chi connectivity index (χ0) is 23.2. The lowest BCUT2D eigenvalue weighted by atomic mass is 10.1. The predicted molar refractivity (Wildman–Crippen MR) is 122 cm³/mol. The van der Waals surface area contributed by atoms with Gasteiger partial charge in [-0.05, 0) is 42.3 Å². The van der Waals surface area contributed by atoms with Crippen LogP contribution in [0.15, 0.2) is 88.1 Å². The van der Waals surface area contributed by atoms with Crippen LogP contribution in [0.2, 0.25) is 0 Å². The van der Waals surface area contributed by atoms with E-state index in [1.165, 1.54) is 12.1 Å². The van der Waals surface area contributed by atoms with Crippen LogP contribution in [-0.2, 0) is 11.3 Å². The number of amides is 1. The molecule has 0 aliphatic rings. The van der Waals surface area contributed by atoms with Crippen molar-refractivity contribution < 1.29 is 23.5 Å². The molecule has 4 rings (SSSR count). The van der Waals surface area contributed by atoms with Crippen molar-refractivity contribution >= 4 is 22.8 Å². The number of carbonyl (C=O) groups is 2. The van der Waals surface area contributed by atoms with Gasteiger partial charge in [-0.25, -0.2) is 9.59 Å². The van der Waals surface area contributed by atoms with Gasteiger partial charge in [-0.1, -0.05) is 48.5 Å². The number of aryl methyl sites for hydroxylation is 1. The van der Waals surface area contributed by atoms with Gasteiger partial charge in [0.25, 0.3) is 5.91 Å². The molecule has 7 nitrogen and oxygen atoms in total. The summed E-state index contributed by atoms with van der Waals surface area (Å²) in [7, 11) is 0. The Balaban J connectivity index is 1.42. The van der Waals surface area contributed by atoms with E-state index in [-0.39, 0.29) is 30.0 Å². The molecule has 0 spiro atoms. The minimum absolute atomic E-state index is 0.102. The lowest BCUT2D eigenvalue weighted by molar-refractivity contribution is -0.136. The molecular weight excluding hydrogens is 422 g/mol. The summed E-state index contributed by atoms with van der Waals surface area (Å²) in [5.41, 5.74) is 1.13. The first-order valence-electron chi connectivity index (χ1n) is 10.3. The SMILES string of the molecule is Cc1ccccc1OCC(=O)Oc1ccc2cc(C(=O)NCc3ccccc3)c(=O)oc2c1. The van der Waals surface area contributed by atoms with Gasteiger partial charge in [0.05, 0.1) is 0 Å². The minimum Gasteiger partial charge on any atom is -0.482 e. The van der Waals surface area contributed by atoms with E-state index in [9.17, 15) is 14.4 Å². The summed E-state index contributed by atoms with van der Waals surface area (Å²) in [6.07, 6.45) is 0. The van der Waals surface area contributed by atoms with E-state index in [0.717, 1.165) is 11.1 Å². The number of hydrogen-bond acceptors (Lipinski definition) is 6. The van der Waals surface area contributed by atoms with Crippen LogP contribution in [0.4, 0.5) is 0 Å². The highest BCUT2D eigenvalue weighted by atomic mass is 16.6. The van der Waals surface area contributed by atoms with E-state index in [1.54, 1.807) is 18.2 Å². The first-order valence-corrected chi connectivity index (χ1v) is 10.3. The molecule has 0 fully saturated rings. The van der Waals surface area contributed by atoms with Gasteiger partial charge in [-0.2, -0.15) is 0 Å². The van der Waals surface area contributed by atoms with Crippen molar-refractivity contribution in [3.63, 3.8) is 0 Å². The second-order valence-electron chi connectivity index (χ2n) is 7.34. The second-order valence-corrected chi connectivity index (χ2v) is 7.34. The Morgan fingerprint density at radius 1 is 0.939 bits per heavy atom. The van der Waals surface area contributed by atoms with Gasteiger partial charge in [-0.3, -0.25) is 4.79 Å². The molecule has 0 radical (unpaired) electrons. The maximum atomic E-state index is 12.5. The Labute approximate surface area is 189 Å². The van der Waals surface area contributed by atoms with E-state index < -0.39 is 17.5 Å². The largest absolute Gasteiger partial charge is 0.482 e. The topological polar surface area (TPSA) is 94.8 Å². The van der Waals surface area contributed by atoms with E-state index in [1.807, 2.05) is 55.5 Å². The Hall–Kier alpha value is -4.39. The minimum atomic E-state index is -0.778. The lowest BCUT2D eigenvalue weighted by Gasteiger charge is -2.09. The molecule has 0 unspecified atom stereocenters. The zero-order valence-corrected chi connectivity index (χ0v) is 17.9. The van der Waals surface area contributed by atoms with Crippen LogP contribution >= 0.6 is 0 Å². The molecule has 0 saturated carbocycles. The Morgan fingerprint density at radius 2 is 1.70 bits per heavy atom. The van der Waals surface area contributed by atoms with Crippen LogP contribution in [0.3, 0.4) is 0 Å². The number of nitrogens with one attached hydrogen (secondary N) is 1. The highest BCUT2D eigenvalue weighted by Gasteiger charge is 2.15. The van der Waals surface area contributed by atoms with Gasteiger partial charge in [-0.15, -0.1) is 0 Å². The first kappa shape index (κ1) is 21.8. The van der Waals surface area contributed by atoms with Crippen LogP contribution in [0.1, 0.15) is 21.5 Å². The van der Waals surface area contributed by atoms with Gasteiger partial charge >= 0.3 is 11.6 Å². The molecule has 1 amide bonds. The normalized spacial score (nSPS) is 10.6. The van der Waals surface area contributed by atoms with Gasteiger partial charge in [0.2, 0.25) is 0 Å². The van der Waals surface area contributed by atoms with Crippen LogP contribution in [0, 0.1) is 6.92 Å². The third-order valence-corrected chi connectivity index (χ3v) is 4.92. The summed E-state index contributed by atoms with van der Waals surface area (Å²) in [4.78, 5) is 36.9. The second kappa shape index (κ2) is 9.82. The van der Waals surface area contributed by atoms with Crippen LogP contribution in [-0.4, -0.2) is 18.5 Å². The lowest BCUT2D eigenvalue weighted by Crippen LogP contribution is -2.27. The molecule has 0 aliphatic carbocycles. The summed E-state index contributed by atoms with van der Waals surface area (Å²) >= 11 is 0. The molecule has 3 aromatic carbocycles. The zero-order valence-electron chi connectivity index (χ0n) is 17.9. The van der Waals surface area contributed by atoms with E-state index in [0.29, 0.717) is 11.1 Å². The van der Waals surface area contributed by atoms with Crippen LogP contribution < -0.4 is 20.4 Å². The molecule has 0 bridgehead atoms. The molecule has 0 aliphatic heterocycles. The highest BCUT2D eigenvalue weighted by Crippen LogP contribution is 2.21. The number of rotatable bonds is 7. The van der Waals surface area contributed by atoms with Gasteiger partial charge < -0.3 is 19.2 Å². The fourth-order valence-corrected chi connectivity index (χ4v) is 3.20. The molecule has 166 valence electrons. The van der Waals surface area contributed by atoms with E-state index in [4.69, 9.17) is 13.9 Å². The van der Waals surface area contributed by atoms with Crippen molar-refractivity contribution in [3.05, 3.63) is 106 Å². The standard InChI is InChI=1S/C26H21NO6/c1-17-7-5-6-10-22(17)31-16-24(28)32-20-12-11-19-13-21(26(30)33-23(19)14-20)25(29)27-15-18-8-3-2-4-9-18/h2-14H,15-16H2,1H3,(H,27,29). The fraction of sp³-hybridized carbons (Fsp3) is 0.115. The molecule has 0 saturated heterocycles. The van der Waals surface area contributed by atoms with Crippen LogP contribution in [0.25, 0.3) is 11.0 Å². The number of para-hydroxylation sites is 1. The molecular formula is C26H21NO6. The number of carbonyl (C=O) groups excluding carboxylic acids is 2. The number of esters is 1. The summed E-state index contributed by atoms with van der Waals surface area (Å²) in [5, 5.41) is 3.23. The summed E-state index contributed by atoms with van der Waals surface area (Å²) in [6, 6.07) is 22.7. The number of ether oxygens (including phenoxy) is 2. The van der Waals surface area contributed by atoms with Crippen molar-refractivity contribution in [1.82, 2.24) is 5.32 Å². The smallest absolute Gasteiger partial charge is 0.349 e. The van der Waals surface area contributed by atoms with Gasteiger partial charge in [0.1, 0.15) is 22.6 Å². The molecule has 1 N–H and O–H groups in total. The third-order valence-electron chi connectivity index (χ3n) is 4.92. The van der Waals surface area contributed by atoms with Crippen molar-refractivity contribution in [2.75, 3.05) is 6.61 Å². The number of hydrogen-bond donors (Lipinski definition) is 1. The molecule has 0 atom stereocenters. The summed E-state index contributed by atoms with van der Waals surface area (Å²) in [6.45, 7) is 1.90. The summed E-state index contributed by atoms with van der Waals surface area (Å²) < 4.78 is 16.1. The van der Waals surface area contributed by atoms with Crippen LogP contribution in [0.5, 0.6) is 11.5 Å². The van der Waals surface area contributed by atoms with Crippen molar-refractivity contribution in [3.8, 4) is 11.5 Å². The maximum absolute atomic E-state index is 12.5. The van der Waals surface area contributed by atoms with Gasteiger partial charge in [0.15, 0.2) is 6.61 Å². The average molecular weight is 443 g/mol. The summed E-state index contributed by atoms with van der Waals surface area (Å²) in [5.74, 6) is -0.336. The molecule has 1 heterocycles. The molecule has 7 heteroatoms. The quantitative estimate of drug-likeness (QED) is 0.263. The predicted octanol–water partition coefficient (Wildman–Crippen LogP) is 4.02. The third kappa shape index (κ3) is 5.46. The maximum Gasteiger partial charge on any atom is 0.349 e. The highest BCUT2D eigenvalue weighted by molar-refractivity contribution is 5.96. The number of benzene rings is 3. The van der Waals surface area contributed by atoms with Crippen molar-refractivity contribution in [1.29, 1.82) is 0 Å².